The molecule has 0 bridgehead atoms. The smallest absolute Gasteiger partial charge is 0.409 e. The Bertz CT molecular complexity index is 873. The second-order valence-electron chi connectivity index (χ2n) is 7.15. The molecule has 1 aliphatic heterocycles. The Kier molecular flexibility index (Phi) is 5.02. The summed E-state index contributed by atoms with van der Waals surface area (Å²) in [6.45, 7) is 6.42. The van der Waals surface area contributed by atoms with E-state index in [1.807, 2.05) is 19.1 Å². The summed E-state index contributed by atoms with van der Waals surface area (Å²) in [5, 5.41) is 0. The molecular formula is C20H24N4O4. The van der Waals surface area contributed by atoms with Crippen molar-refractivity contribution in [3.05, 3.63) is 41.1 Å². The molecular weight excluding hydrogens is 360 g/mol. The first-order chi connectivity index (χ1) is 13.6. The first-order valence-corrected chi connectivity index (χ1v) is 9.67. The van der Waals surface area contributed by atoms with Crippen LogP contribution in [0.15, 0.2) is 22.8 Å². The van der Waals surface area contributed by atoms with Crippen molar-refractivity contribution in [1.29, 1.82) is 0 Å². The topological polar surface area (TPSA) is 88.8 Å². The zero-order valence-electron chi connectivity index (χ0n) is 16.2. The lowest BCUT2D eigenvalue weighted by Gasteiger charge is -2.34. The van der Waals surface area contributed by atoms with Crippen LogP contribution in [-0.2, 0) is 11.2 Å². The van der Waals surface area contributed by atoms with Crippen LogP contribution in [0.5, 0.6) is 0 Å². The maximum atomic E-state index is 12.7. The lowest BCUT2D eigenvalue weighted by atomic mass is 9.84. The van der Waals surface area contributed by atoms with E-state index in [2.05, 4.69) is 9.88 Å². The first-order valence-electron chi connectivity index (χ1n) is 9.67. The summed E-state index contributed by atoms with van der Waals surface area (Å²) in [5.74, 6) is 1.52. The molecule has 2 aromatic rings. The summed E-state index contributed by atoms with van der Waals surface area (Å²) in [6.07, 6.45) is 2.43. The number of carbonyl (C=O) groups is 2. The molecule has 0 spiro atoms. The number of aromatic nitrogens is 2. The maximum absolute atomic E-state index is 12.7. The minimum Gasteiger partial charge on any atom is -0.469 e. The van der Waals surface area contributed by atoms with E-state index < -0.39 is 0 Å². The fourth-order valence-electron chi connectivity index (χ4n) is 3.93. The number of carbonyl (C=O) groups excluding carboxylic acids is 2. The third kappa shape index (κ3) is 3.46. The summed E-state index contributed by atoms with van der Waals surface area (Å²) in [5.41, 5.74) is 2.15. The number of nitrogens with zero attached hydrogens (tertiary/aromatic N) is 4. The van der Waals surface area contributed by atoms with E-state index in [1.54, 1.807) is 18.1 Å². The number of rotatable bonds is 3. The quantitative estimate of drug-likeness (QED) is 0.803. The minimum absolute atomic E-state index is 0.0119. The number of Topliss-reactive ketones (excluding diaryl/α,β-unsaturated/α-hetero) is 1. The zero-order valence-corrected chi connectivity index (χ0v) is 16.2. The average molecular weight is 384 g/mol. The summed E-state index contributed by atoms with van der Waals surface area (Å²) in [7, 11) is 0. The molecule has 1 saturated heterocycles. The Labute approximate surface area is 163 Å². The minimum atomic E-state index is -0.281. The van der Waals surface area contributed by atoms with Gasteiger partial charge in [0.1, 0.15) is 5.76 Å². The van der Waals surface area contributed by atoms with Gasteiger partial charge in [0.05, 0.1) is 29.8 Å². The van der Waals surface area contributed by atoms with E-state index >= 15 is 0 Å². The third-order valence-corrected chi connectivity index (χ3v) is 5.34. The molecule has 4 rings (SSSR count). The highest BCUT2D eigenvalue weighted by atomic mass is 16.6. The van der Waals surface area contributed by atoms with Crippen LogP contribution in [0, 0.1) is 6.92 Å². The summed E-state index contributed by atoms with van der Waals surface area (Å²) in [6, 6.07) is 3.75. The van der Waals surface area contributed by atoms with Crippen molar-refractivity contribution in [2.45, 2.75) is 32.6 Å². The molecule has 8 heteroatoms. The van der Waals surface area contributed by atoms with Gasteiger partial charge in [-0.3, -0.25) is 4.79 Å². The van der Waals surface area contributed by atoms with Crippen molar-refractivity contribution >= 4 is 17.8 Å². The molecule has 0 radical (unpaired) electrons. The first kappa shape index (κ1) is 18.5. The predicted octanol–water partition coefficient (Wildman–Crippen LogP) is 2.57. The second kappa shape index (κ2) is 7.61. The van der Waals surface area contributed by atoms with Crippen LogP contribution in [0.2, 0.25) is 0 Å². The number of hydrogen-bond donors (Lipinski definition) is 0. The average Bonchev–Trinajstić information content (AvgIpc) is 3.22. The summed E-state index contributed by atoms with van der Waals surface area (Å²) >= 11 is 0. The molecule has 0 aromatic carbocycles. The summed E-state index contributed by atoms with van der Waals surface area (Å²) in [4.78, 5) is 37.6. The Morgan fingerprint density at radius 1 is 1.25 bits per heavy atom. The van der Waals surface area contributed by atoms with Crippen LogP contribution in [0.25, 0.3) is 0 Å². The van der Waals surface area contributed by atoms with Gasteiger partial charge in [0, 0.05) is 44.9 Å². The summed E-state index contributed by atoms with van der Waals surface area (Å²) < 4.78 is 10.6. The van der Waals surface area contributed by atoms with Crippen molar-refractivity contribution in [2.75, 3.05) is 37.7 Å². The van der Waals surface area contributed by atoms with E-state index in [1.165, 1.54) is 0 Å². The molecule has 148 valence electrons. The number of fused-ring (bicyclic) bond motifs is 1. The molecule has 2 aliphatic rings. The van der Waals surface area contributed by atoms with Crippen molar-refractivity contribution in [3.63, 3.8) is 0 Å². The molecule has 28 heavy (non-hydrogen) atoms. The molecule has 8 nitrogen and oxygen atoms in total. The lowest BCUT2D eigenvalue weighted by molar-refractivity contribution is 0.0956. The molecule has 1 aliphatic carbocycles. The Hall–Kier alpha value is -2.90. The highest BCUT2D eigenvalue weighted by Crippen LogP contribution is 2.34. The van der Waals surface area contributed by atoms with Gasteiger partial charge in [-0.15, -0.1) is 0 Å². The van der Waals surface area contributed by atoms with Crippen molar-refractivity contribution in [3.8, 4) is 0 Å². The number of aryl methyl sites for hydroxylation is 1. The second-order valence-corrected chi connectivity index (χ2v) is 7.15. The van der Waals surface area contributed by atoms with E-state index in [-0.39, 0.29) is 17.8 Å². The number of furan rings is 1. The number of ketones is 1. The largest absolute Gasteiger partial charge is 0.469 e. The predicted molar refractivity (Wildman–Crippen MR) is 102 cm³/mol. The number of anilines is 1. The molecule has 0 N–H and O–H groups in total. The number of amides is 1. The van der Waals surface area contributed by atoms with Gasteiger partial charge >= 0.3 is 6.09 Å². The van der Waals surface area contributed by atoms with E-state index in [4.69, 9.17) is 14.1 Å². The van der Waals surface area contributed by atoms with E-state index in [0.29, 0.717) is 57.1 Å². The van der Waals surface area contributed by atoms with Crippen molar-refractivity contribution < 1.29 is 18.7 Å². The van der Waals surface area contributed by atoms with Gasteiger partial charge in [-0.25, -0.2) is 14.8 Å². The van der Waals surface area contributed by atoms with Gasteiger partial charge in [-0.05, 0) is 26.0 Å². The highest BCUT2D eigenvalue weighted by Gasteiger charge is 2.32. The Morgan fingerprint density at radius 2 is 2.04 bits per heavy atom. The fourth-order valence-corrected chi connectivity index (χ4v) is 3.93. The van der Waals surface area contributed by atoms with Gasteiger partial charge in [-0.2, -0.15) is 0 Å². The highest BCUT2D eigenvalue weighted by molar-refractivity contribution is 5.99. The van der Waals surface area contributed by atoms with Gasteiger partial charge in [-0.1, -0.05) is 0 Å². The van der Waals surface area contributed by atoms with Crippen molar-refractivity contribution in [1.82, 2.24) is 14.9 Å². The zero-order chi connectivity index (χ0) is 19.7. The number of piperazine rings is 1. The van der Waals surface area contributed by atoms with E-state index in [9.17, 15) is 9.59 Å². The van der Waals surface area contributed by atoms with Crippen molar-refractivity contribution in [2.24, 2.45) is 0 Å². The Morgan fingerprint density at radius 3 is 2.71 bits per heavy atom. The fraction of sp³-hybridized carbons (Fsp3) is 0.500. The monoisotopic (exact) mass is 384 g/mol. The lowest BCUT2D eigenvalue weighted by Crippen LogP contribution is -2.49. The van der Waals surface area contributed by atoms with Crippen LogP contribution < -0.4 is 4.90 Å². The SMILES string of the molecule is CCOC(=O)N1CCN(c2nc(C)c3c(n2)C[C@@H](c2ccco2)CC3=O)CC1. The number of hydrogen-bond acceptors (Lipinski definition) is 7. The van der Waals surface area contributed by atoms with Gasteiger partial charge < -0.3 is 19.0 Å². The standard InChI is InChI=1S/C20H24N4O4/c1-3-27-20(26)24-8-6-23(7-9-24)19-21-13(2)18-15(22-19)11-14(12-16(18)25)17-5-4-10-28-17/h4-5,10,14H,3,6-9,11-12H2,1-2H3/t14-/m1/s1. The van der Waals surface area contributed by atoms with Gasteiger partial charge in [0.25, 0.3) is 0 Å². The van der Waals surface area contributed by atoms with Crippen LogP contribution >= 0.6 is 0 Å². The van der Waals surface area contributed by atoms with Crippen LogP contribution in [0.3, 0.4) is 0 Å². The maximum Gasteiger partial charge on any atom is 0.409 e. The molecule has 1 fully saturated rings. The van der Waals surface area contributed by atoms with Gasteiger partial charge in [0.2, 0.25) is 5.95 Å². The third-order valence-electron chi connectivity index (χ3n) is 5.34. The molecule has 0 saturated carbocycles. The van der Waals surface area contributed by atoms with Crippen LogP contribution in [0.1, 0.15) is 46.8 Å². The van der Waals surface area contributed by atoms with Crippen LogP contribution in [-0.4, -0.2) is 59.5 Å². The van der Waals surface area contributed by atoms with E-state index in [0.717, 1.165) is 17.1 Å². The number of ether oxygens (including phenoxy) is 1. The molecule has 1 atom stereocenters. The molecule has 1 amide bonds. The normalized spacial score (nSPS) is 19.5. The van der Waals surface area contributed by atoms with Crippen LogP contribution in [0.4, 0.5) is 10.7 Å². The molecule has 0 unspecified atom stereocenters. The molecule has 3 heterocycles. The van der Waals surface area contributed by atoms with Gasteiger partial charge in [0.15, 0.2) is 5.78 Å². The molecule has 2 aromatic heterocycles. The Balaban J connectivity index is 1.53.